The minimum atomic E-state index is -1.13. The van der Waals surface area contributed by atoms with Crippen molar-refractivity contribution in [3.8, 4) is 5.75 Å². The Morgan fingerprint density at radius 2 is 1.45 bits per heavy atom. The Balaban J connectivity index is 1.34. The van der Waals surface area contributed by atoms with Crippen molar-refractivity contribution >= 4 is 27.3 Å². The van der Waals surface area contributed by atoms with E-state index < -0.39 is 5.60 Å². The van der Waals surface area contributed by atoms with Gasteiger partial charge in [-0.15, -0.1) is 11.3 Å². The summed E-state index contributed by atoms with van der Waals surface area (Å²) in [6, 6.07) is 37.6. The zero-order chi connectivity index (χ0) is 28.7. The summed E-state index contributed by atoms with van der Waals surface area (Å²) in [6.07, 6.45) is 1.68. The van der Waals surface area contributed by atoms with Crippen LogP contribution in [0.15, 0.2) is 115 Å². The van der Waals surface area contributed by atoms with Crippen LogP contribution in [-0.2, 0) is 22.2 Å². The van der Waals surface area contributed by atoms with Crippen LogP contribution < -0.4 is 4.74 Å². The number of hydrogen-bond acceptors (Lipinski definition) is 4. The standard InChI is InChI=1S/C37H35NO3S/c1-41-33-18-10-9-17-30(33)37(40)21-20-36(27-12-4-2-5-13-27,28-14-6-3-7-15-28)31-23-38(24-32(31)37)35(39)22-26-25-42-34-19-11-8-16-29(26)34/h2-19,25,31-32,40H,20-24H2,1H3/t31-,32+,37+/m0/s1. The van der Waals surface area contributed by atoms with E-state index in [0.717, 1.165) is 22.9 Å². The molecule has 1 aliphatic carbocycles. The fourth-order valence-electron chi connectivity index (χ4n) is 7.88. The first-order valence-electron chi connectivity index (χ1n) is 14.7. The molecule has 1 aromatic heterocycles. The predicted molar refractivity (Wildman–Crippen MR) is 169 cm³/mol. The molecule has 0 spiro atoms. The van der Waals surface area contributed by atoms with Gasteiger partial charge in [0, 0.05) is 34.7 Å². The minimum Gasteiger partial charge on any atom is -0.496 e. The zero-order valence-corrected chi connectivity index (χ0v) is 24.6. The van der Waals surface area contributed by atoms with Crippen LogP contribution in [0, 0.1) is 11.8 Å². The summed E-state index contributed by atoms with van der Waals surface area (Å²) in [5.74, 6) is 0.644. The van der Waals surface area contributed by atoms with Gasteiger partial charge in [0.2, 0.25) is 5.91 Å². The second-order valence-electron chi connectivity index (χ2n) is 11.8. The number of amides is 1. The quantitative estimate of drug-likeness (QED) is 0.234. The fraction of sp³-hybridized carbons (Fsp3) is 0.270. The Morgan fingerprint density at radius 3 is 2.17 bits per heavy atom. The summed E-state index contributed by atoms with van der Waals surface area (Å²) < 4.78 is 6.98. The van der Waals surface area contributed by atoms with Gasteiger partial charge in [0.05, 0.1) is 19.1 Å². The normalized spacial score (nSPS) is 23.0. The topological polar surface area (TPSA) is 49.8 Å². The van der Waals surface area contributed by atoms with Crippen molar-refractivity contribution in [3.63, 3.8) is 0 Å². The number of carbonyl (C=O) groups is 1. The number of likely N-dealkylation sites (tertiary alicyclic amines) is 1. The van der Waals surface area contributed by atoms with E-state index in [0.29, 0.717) is 31.7 Å². The van der Waals surface area contributed by atoms with Crippen LogP contribution >= 0.6 is 11.3 Å². The summed E-state index contributed by atoms with van der Waals surface area (Å²) in [5.41, 5.74) is 2.90. The molecule has 212 valence electrons. The third-order valence-electron chi connectivity index (χ3n) is 9.87. The molecule has 7 rings (SSSR count). The van der Waals surface area contributed by atoms with Gasteiger partial charge in [-0.2, -0.15) is 0 Å². The van der Waals surface area contributed by atoms with Crippen LogP contribution in [-0.4, -0.2) is 36.1 Å². The summed E-state index contributed by atoms with van der Waals surface area (Å²) >= 11 is 1.69. The van der Waals surface area contributed by atoms with Crippen molar-refractivity contribution in [1.82, 2.24) is 4.90 Å². The molecule has 5 heteroatoms. The number of aliphatic hydroxyl groups is 1. The second-order valence-corrected chi connectivity index (χ2v) is 12.7. The van der Waals surface area contributed by atoms with Gasteiger partial charge >= 0.3 is 0 Å². The zero-order valence-electron chi connectivity index (χ0n) is 23.8. The highest BCUT2D eigenvalue weighted by atomic mass is 32.1. The summed E-state index contributed by atoms with van der Waals surface area (Å²) in [4.78, 5) is 16.1. The number of ether oxygens (including phenoxy) is 1. The number of methoxy groups -OCH3 is 1. The highest BCUT2D eigenvalue weighted by Gasteiger charge is 2.61. The first-order valence-corrected chi connectivity index (χ1v) is 15.6. The molecule has 2 heterocycles. The Kier molecular flexibility index (Phi) is 6.88. The molecule has 4 aromatic carbocycles. The number of nitrogens with zero attached hydrogens (tertiary/aromatic N) is 1. The molecule has 0 unspecified atom stereocenters. The molecule has 5 aromatic rings. The van der Waals surface area contributed by atoms with E-state index in [2.05, 4.69) is 78.2 Å². The highest BCUT2D eigenvalue weighted by Crippen LogP contribution is 2.60. The minimum absolute atomic E-state index is 0.00845. The summed E-state index contributed by atoms with van der Waals surface area (Å²) in [6.45, 7) is 1.09. The molecular weight excluding hydrogens is 538 g/mol. The van der Waals surface area contributed by atoms with E-state index in [1.54, 1.807) is 18.4 Å². The first-order chi connectivity index (χ1) is 20.5. The molecule has 1 saturated heterocycles. The van der Waals surface area contributed by atoms with Gasteiger partial charge in [-0.3, -0.25) is 4.79 Å². The molecule has 0 radical (unpaired) electrons. The fourth-order valence-corrected chi connectivity index (χ4v) is 8.85. The molecule has 2 fully saturated rings. The van der Waals surface area contributed by atoms with Gasteiger partial charge in [-0.1, -0.05) is 97.1 Å². The van der Waals surface area contributed by atoms with E-state index in [1.165, 1.54) is 15.8 Å². The Bertz CT molecular complexity index is 1680. The number of thiophene rings is 1. The van der Waals surface area contributed by atoms with Gasteiger partial charge in [-0.05, 0) is 58.3 Å². The summed E-state index contributed by atoms with van der Waals surface area (Å²) in [5, 5.41) is 16.0. The number of carbonyl (C=O) groups excluding carboxylic acids is 1. The van der Waals surface area contributed by atoms with Crippen molar-refractivity contribution in [2.75, 3.05) is 20.2 Å². The molecule has 2 aliphatic rings. The van der Waals surface area contributed by atoms with Gasteiger partial charge in [0.1, 0.15) is 5.75 Å². The highest BCUT2D eigenvalue weighted by molar-refractivity contribution is 7.17. The van der Waals surface area contributed by atoms with Crippen LogP contribution in [0.4, 0.5) is 0 Å². The first kappa shape index (κ1) is 26.9. The third-order valence-corrected chi connectivity index (χ3v) is 10.9. The Hall–Kier alpha value is -3.93. The number of fused-ring (bicyclic) bond motifs is 2. The van der Waals surface area contributed by atoms with Crippen LogP contribution in [0.25, 0.3) is 10.1 Å². The van der Waals surface area contributed by atoms with Crippen molar-refractivity contribution in [3.05, 3.63) is 137 Å². The van der Waals surface area contributed by atoms with Crippen LogP contribution in [0.5, 0.6) is 5.75 Å². The lowest BCUT2D eigenvalue weighted by Gasteiger charge is -2.53. The van der Waals surface area contributed by atoms with Crippen molar-refractivity contribution in [2.24, 2.45) is 11.8 Å². The molecule has 1 amide bonds. The molecule has 4 nitrogen and oxygen atoms in total. The van der Waals surface area contributed by atoms with Gasteiger partial charge in [0.15, 0.2) is 0 Å². The maximum absolute atomic E-state index is 14.1. The number of benzene rings is 4. The Labute approximate surface area is 251 Å². The maximum atomic E-state index is 14.1. The van der Waals surface area contributed by atoms with E-state index in [9.17, 15) is 9.90 Å². The molecule has 1 N–H and O–H groups in total. The molecule has 1 aliphatic heterocycles. The largest absolute Gasteiger partial charge is 0.496 e. The molecular formula is C37H35NO3S. The van der Waals surface area contributed by atoms with Crippen LogP contribution in [0.3, 0.4) is 0 Å². The van der Waals surface area contributed by atoms with E-state index in [4.69, 9.17) is 4.74 Å². The number of rotatable bonds is 6. The average Bonchev–Trinajstić information content (AvgIpc) is 3.69. The van der Waals surface area contributed by atoms with Gasteiger partial charge < -0.3 is 14.7 Å². The molecule has 0 bridgehead atoms. The van der Waals surface area contributed by atoms with Crippen molar-refractivity contribution < 1.29 is 14.6 Å². The average molecular weight is 574 g/mol. The maximum Gasteiger partial charge on any atom is 0.227 e. The van der Waals surface area contributed by atoms with E-state index in [1.807, 2.05) is 41.3 Å². The van der Waals surface area contributed by atoms with Crippen molar-refractivity contribution in [1.29, 1.82) is 0 Å². The van der Waals surface area contributed by atoms with Crippen LogP contribution in [0.1, 0.15) is 35.1 Å². The lowest BCUT2D eigenvalue weighted by molar-refractivity contribution is -0.130. The SMILES string of the molecule is COc1ccccc1[C@]1(O)CCC(c2ccccc2)(c2ccccc2)[C@H]2CN(C(=O)Cc3csc4ccccc34)C[C@H]21. The monoisotopic (exact) mass is 573 g/mol. The smallest absolute Gasteiger partial charge is 0.227 e. The third kappa shape index (κ3) is 4.26. The van der Waals surface area contributed by atoms with Gasteiger partial charge in [-0.25, -0.2) is 0 Å². The predicted octanol–water partition coefficient (Wildman–Crippen LogP) is 7.19. The van der Waals surface area contributed by atoms with Crippen molar-refractivity contribution in [2.45, 2.75) is 30.3 Å². The summed E-state index contributed by atoms with van der Waals surface area (Å²) in [7, 11) is 1.66. The number of hydrogen-bond donors (Lipinski definition) is 1. The Morgan fingerprint density at radius 1 is 0.833 bits per heavy atom. The second kappa shape index (κ2) is 10.7. The van der Waals surface area contributed by atoms with Gasteiger partial charge in [0.25, 0.3) is 0 Å². The molecule has 3 atom stereocenters. The molecule has 42 heavy (non-hydrogen) atoms. The lowest BCUT2D eigenvalue weighted by atomic mass is 9.52. The van der Waals surface area contributed by atoms with E-state index >= 15 is 0 Å². The number of para-hydroxylation sites is 1. The molecule has 1 saturated carbocycles. The van der Waals surface area contributed by atoms with Crippen LogP contribution in [0.2, 0.25) is 0 Å². The van der Waals surface area contributed by atoms with E-state index in [-0.39, 0.29) is 23.2 Å². The lowest BCUT2D eigenvalue weighted by Crippen LogP contribution is -2.53.